The van der Waals surface area contributed by atoms with Gasteiger partial charge in [0, 0.05) is 6.20 Å². The summed E-state index contributed by atoms with van der Waals surface area (Å²) < 4.78 is 0. The molecule has 1 aromatic heterocycles. The van der Waals surface area contributed by atoms with Crippen molar-refractivity contribution in [3.05, 3.63) is 60.2 Å². The number of ketones is 1. The van der Waals surface area contributed by atoms with E-state index in [2.05, 4.69) is 15.4 Å². The van der Waals surface area contributed by atoms with E-state index in [4.69, 9.17) is 5.84 Å². The van der Waals surface area contributed by atoms with Crippen molar-refractivity contribution in [2.24, 2.45) is 34.9 Å². The quantitative estimate of drug-likeness (QED) is 0.118. The number of allylic oxidation sites excluding steroid dienone is 1. The third kappa shape index (κ3) is 8.01. The molecule has 2 rings (SSSR count). The summed E-state index contributed by atoms with van der Waals surface area (Å²) in [5, 5.41) is 9.75. The van der Waals surface area contributed by atoms with E-state index < -0.39 is 29.1 Å². The van der Waals surface area contributed by atoms with Crippen LogP contribution in [0.15, 0.2) is 48.9 Å². The molecule has 2 aromatic rings. The number of carbonyl (C=O) groups excluding carboxylic acids is 3. The second-order valence-corrected chi connectivity index (χ2v) is 9.74. The highest BCUT2D eigenvalue weighted by molar-refractivity contribution is 5.97. The number of rotatable bonds is 13. The summed E-state index contributed by atoms with van der Waals surface area (Å²) in [5.41, 5.74) is 3.80. The number of benzene rings is 1. The lowest BCUT2D eigenvalue weighted by Gasteiger charge is -2.41. The number of H-pyrrole nitrogens is 1. The SMILES string of the molecule is CC(C)C[C@@H](C(=O)NN)[C@H](C(=O)NO)C(/C=C/c1ccccc1)(CC(C)C)C(=O)Cc1c[nH]cn1.Cl. The largest absolute Gasteiger partial charge is 0.351 e. The Bertz CT molecular complexity index is 995. The van der Waals surface area contributed by atoms with E-state index >= 15 is 0 Å². The molecule has 0 saturated heterocycles. The molecular formula is C26H38ClN5O4. The highest BCUT2D eigenvalue weighted by Crippen LogP contribution is 2.45. The number of amides is 2. The summed E-state index contributed by atoms with van der Waals surface area (Å²) in [6, 6.07) is 9.39. The number of aromatic nitrogens is 2. The van der Waals surface area contributed by atoms with Gasteiger partial charge in [-0.15, -0.1) is 12.4 Å². The minimum atomic E-state index is -1.43. The van der Waals surface area contributed by atoms with Gasteiger partial charge in [-0.3, -0.25) is 25.0 Å². The second kappa shape index (κ2) is 14.5. The van der Waals surface area contributed by atoms with Crippen LogP contribution in [0.4, 0.5) is 0 Å². The molecule has 0 aliphatic rings. The molecule has 0 bridgehead atoms. The van der Waals surface area contributed by atoms with E-state index in [0.717, 1.165) is 5.56 Å². The molecule has 1 aromatic carbocycles. The van der Waals surface area contributed by atoms with E-state index in [-0.39, 0.29) is 49.3 Å². The molecule has 36 heavy (non-hydrogen) atoms. The summed E-state index contributed by atoms with van der Waals surface area (Å²) in [4.78, 5) is 47.5. The van der Waals surface area contributed by atoms with Crippen LogP contribution in [0.2, 0.25) is 0 Å². The molecule has 1 heterocycles. The van der Waals surface area contributed by atoms with Crippen LogP contribution < -0.4 is 16.7 Å². The van der Waals surface area contributed by atoms with Crippen molar-refractivity contribution in [2.45, 2.75) is 47.0 Å². The zero-order chi connectivity index (χ0) is 26.0. The lowest BCUT2D eigenvalue weighted by molar-refractivity contribution is -0.151. The van der Waals surface area contributed by atoms with Crippen LogP contribution in [-0.2, 0) is 20.8 Å². The lowest BCUT2D eigenvalue weighted by Crippen LogP contribution is -2.54. The average molecular weight is 520 g/mol. The van der Waals surface area contributed by atoms with E-state index in [1.54, 1.807) is 23.8 Å². The Hall–Kier alpha value is -3.01. The van der Waals surface area contributed by atoms with E-state index in [1.165, 1.54) is 6.33 Å². The summed E-state index contributed by atoms with van der Waals surface area (Å²) in [6.45, 7) is 7.73. The maximum absolute atomic E-state index is 14.1. The molecule has 0 aliphatic carbocycles. The first-order valence-electron chi connectivity index (χ1n) is 11.8. The van der Waals surface area contributed by atoms with Crippen molar-refractivity contribution in [2.75, 3.05) is 0 Å². The summed E-state index contributed by atoms with van der Waals surface area (Å²) >= 11 is 0. The van der Waals surface area contributed by atoms with Crippen molar-refractivity contribution in [3.8, 4) is 0 Å². The van der Waals surface area contributed by atoms with Crippen LogP contribution in [0.1, 0.15) is 51.8 Å². The van der Waals surface area contributed by atoms with Crippen LogP contribution >= 0.6 is 12.4 Å². The highest BCUT2D eigenvalue weighted by Gasteiger charge is 2.52. The van der Waals surface area contributed by atoms with Gasteiger partial charge in [-0.25, -0.2) is 16.3 Å². The first-order valence-corrected chi connectivity index (χ1v) is 11.8. The number of aromatic amines is 1. The summed E-state index contributed by atoms with van der Waals surface area (Å²) in [6.07, 6.45) is 7.11. The maximum atomic E-state index is 14.1. The molecule has 10 heteroatoms. The molecule has 3 atom stereocenters. The molecule has 0 saturated carbocycles. The molecule has 0 aliphatic heterocycles. The van der Waals surface area contributed by atoms with Crippen molar-refractivity contribution in [3.63, 3.8) is 0 Å². The Morgan fingerprint density at radius 1 is 1.11 bits per heavy atom. The minimum Gasteiger partial charge on any atom is -0.351 e. The van der Waals surface area contributed by atoms with Gasteiger partial charge in [0.1, 0.15) is 5.78 Å². The van der Waals surface area contributed by atoms with Crippen LogP contribution in [0, 0.1) is 29.1 Å². The van der Waals surface area contributed by atoms with Crippen LogP contribution in [0.3, 0.4) is 0 Å². The van der Waals surface area contributed by atoms with Crippen LogP contribution in [0.25, 0.3) is 6.08 Å². The lowest BCUT2D eigenvalue weighted by atomic mass is 9.60. The fourth-order valence-electron chi connectivity index (χ4n) is 4.73. The molecule has 6 N–H and O–H groups in total. The number of hydrogen-bond donors (Lipinski definition) is 5. The number of Topliss-reactive ketones (excluding diaryl/α,β-unsaturated/α-hetero) is 1. The summed E-state index contributed by atoms with van der Waals surface area (Å²) in [5.74, 6) is 1.67. The molecular weight excluding hydrogens is 482 g/mol. The Morgan fingerprint density at radius 3 is 2.28 bits per heavy atom. The molecule has 0 spiro atoms. The van der Waals surface area contributed by atoms with Gasteiger partial charge in [0.15, 0.2) is 0 Å². The van der Waals surface area contributed by atoms with Crippen molar-refractivity contribution in [1.82, 2.24) is 20.9 Å². The number of hydrazine groups is 1. The Balaban J connectivity index is 0.00000648. The van der Waals surface area contributed by atoms with Gasteiger partial charge in [-0.1, -0.05) is 70.2 Å². The maximum Gasteiger partial charge on any atom is 0.248 e. The number of carbonyl (C=O) groups is 3. The van der Waals surface area contributed by atoms with E-state index in [9.17, 15) is 19.6 Å². The molecule has 1 unspecified atom stereocenters. The monoisotopic (exact) mass is 519 g/mol. The zero-order valence-corrected chi connectivity index (χ0v) is 22.0. The molecule has 0 radical (unpaired) electrons. The minimum absolute atomic E-state index is 0. The molecule has 198 valence electrons. The van der Waals surface area contributed by atoms with E-state index in [0.29, 0.717) is 5.69 Å². The number of hydrogen-bond acceptors (Lipinski definition) is 6. The zero-order valence-electron chi connectivity index (χ0n) is 21.2. The fraction of sp³-hybridized carbons (Fsp3) is 0.462. The highest BCUT2D eigenvalue weighted by atomic mass is 35.5. The Kier molecular flexibility index (Phi) is 12.5. The van der Waals surface area contributed by atoms with Gasteiger partial charge < -0.3 is 4.98 Å². The normalized spacial score (nSPS) is 14.7. The van der Waals surface area contributed by atoms with Gasteiger partial charge in [0.05, 0.1) is 35.7 Å². The predicted octanol–water partition coefficient (Wildman–Crippen LogP) is 3.46. The first-order chi connectivity index (χ1) is 16.6. The van der Waals surface area contributed by atoms with Crippen molar-refractivity contribution in [1.29, 1.82) is 0 Å². The molecule has 0 fully saturated rings. The van der Waals surface area contributed by atoms with Crippen LogP contribution in [-0.4, -0.2) is 32.8 Å². The fourth-order valence-corrected chi connectivity index (χ4v) is 4.73. The smallest absolute Gasteiger partial charge is 0.248 e. The third-order valence-corrected chi connectivity index (χ3v) is 6.09. The number of halogens is 1. The number of nitrogens with two attached hydrogens (primary N) is 1. The second-order valence-electron chi connectivity index (χ2n) is 9.74. The average Bonchev–Trinajstić information content (AvgIpc) is 3.34. The Labute approximate surface area is 218 Å². The standard InChI is InChI=1S/C26H37N5O4.ClH/c1-17(2)12-21(24(33)30-27)23(25(34)31-35)26(14-18(3)4,11-10-19-8-6-5-7-9-19)22(32)13-20-15-28-16-29-20;/h5-11,15-18,21,23,35H,12-14,27H2,1-4H3,(H,28,29)(H,30,33)(H,31,34);1H/b11-10+;/t21-,23-,26?;/m1./s1. The number of imidazole rings is 1. The van der Waals surface area contributed by atoms with Crippen molar-refractivity contribution < 1.29 is 19.6 Å². The van der Waals surface area contributed by atoms with E-state index in [1.807, 2.05) is 58.0 Å². The van der Waals surface area contributed by atoms with Crippen molar-refractivity contribution >= 4 is 36.1 Å². The Morgan fingerprint density at radius 2 is 1.78 bits per heavy atom. The van der Waals surface area contributed by atoms with Gasteiger partial charge >= 0.3 is 0 Å². The topological polar surface area (TPSA) is 150 Å². The van der Waals surface area contributed by atoms with Gasteiger partial charge in [-0.05, 0) is 30.2 Å². The molecule has 9 nitrogen and oxygen atoms in total. The van der Waals surface area contributed by atoms with Gasteiger partial charge in [0.25, 0.3) is 0 Å². The number of nitrogens with one attached hydrogen (secondary N) is 3. The summed E-state index contributed by atoms with van der Waals surface area (Å²) in [7, 11) is 0. The third-order valence-electron chi connectivity index (χ3n) is 6.09. The van der Waals surface area contributed by atoms with Gasteiger partial charge in [0.2, 0.25) is 11.8 Å². The van der Waals surface area contributed by atoms with Crippen LogP contribution in [0.5, 0.6) is 0 Å². The van der Waals surface area contributed by atoms with Gasteiger partial charge in [-0.2, -0.15) is 0 Å². The predicted molar refractivity (Wildman–Crippen MR) is 141 cm³/mol. The first kappa shape index (κ1) is 31.0. The number of nitrogens with zero attached hydrogens (tertiary/aromatic N) is 1. The number of hydroxylamine groups is 1. The molecule has 2 amide bonds.